The van der Waals surface area contributed by atoms with Crippen molar-refractivity contribution in [3.63, 3.8) is 0 Å². The van der Waals surface area contributed by atoms with E-state index in [4.69, 9.17) is 10.2 Å². The first-order valence-electron chi connectivity index (χ1n) is 6.04. The van der Waals surface area contributed by atoms with Gasteiger partial charge in [-0.05, 0) is 24.3 Å². The number of hydrogen-bond acceptors (Lipinski definition) is 3. The van der Waals surface area contributed by atoms with Crippen LogP contribution in [0.2, 0.25) is 0 Å². The maximum atomic E-state index is 13.5. The minimum Gasteiger partial charge on any atom is -0.464 e. The average molecular weight is 248 g/mol. The molecule has 2 rings (SSSR count). The summed E-state index contributed by atoms with van der Waals surface area (Å²) in [4.78, 5) is 0. The lowest BCUT2D eigenvalue weighted by Gasteiger charge is -2.16. The van der Waals surface area contributed by atoms with Gasteiger partial charge in [-0.3, -0.25) is 0 Å². The monoisotopic (exact) mass is 248 g/mol. The molecule has 0 aliphatic rings. The number of hydrogen-bond donors (Lipinski definition) is 2. The lowest BCUT2D eigenvalue weighted by Crippen LogP contribution is -2.20. The Balaban J connectivity index is 2.17. The third-order valence-corrected chi connectivity index (χ3v) is 2.81. The molecule has 0 radical (unpaired) electrons. The lowest BCUT2D eigenvalue weighted by atomic mass is 10.2. The molecule has 96 valence electrons. The number of para-hydroxylation sites is 1. The molecule has 1 aromatic heterocycles. The molecule has 1 aromatic carbocycles. The second kappa shape index (κ2) is 5.69. The van der Waals surface area contributed by atoms with Gasteiger partial charge in [-0.2, -0.15) is 0 Å². The van der Waals surface area contributed by atoms with Crippen LogP contribution in [0.25, 0.3) is 0 Å². The fourth-order valence-electron chi connectivity index (χ4n) is 1.78. The zero-order chi connectivity index (χ0) is 13.0. The first-order chi connectivity index (χ1) is 8.74. The van der Waals surface area contributed by atoms with Crippen LogP contribution in [0.3, 0.4) is 0 Å². The van der Waals surface area contributed by atoms with Crippen LogP contribution < -0.4 is 11.1 Å². The van der Waals surface area contributed by atoms with Crippen molar-refractivity contribution in [3.05, 3.63) is 53.7 Å². The van der Waals surface area contributed by atoms with Crippen molar-refractivity contribution in [2.24, 2.45) is 5.73 Å². The predicted molar refractivity (Wildman–Crippen MR) is 69.9 cm³/mol. The van der Waals surface area contributed by atoms with Gasteiger partial charge in [0.1, 0.15) is 17.3 Å². The van der Waals surface area contributed by atoms with Gasteiger partial charge in [0.2, 0.25) is 0 Å². The number of nitrogens with two attached hydrogens (primary N) is 1. The van der Waals surface area contributed by atoms with Crippen LogP contribution in [0.15, 0.2) is 40.8 Å². The Kier molecular flexibility index (Phi) is 3.99. The Hall–Kier alpha value is -1.81. The lowest BCUT2D eigenvalue weighted by molar-refractivity contribution is 0.447. The van der Waals surface area contributed by atoms with E-state index >= 15 is 0 Å². The Labute approximate surface area is 106 Å². The van der Waals surface area contributed by atoms with Crippen LogP contribution in [-0.2, 0) is 6.42 Å². The number of benzene rings is 1. The fourth-order valence-corrected chi connectivity index (χ4v) is 1.78. The minimum absolute atomic E-state index is 0.220. The van der Waals surface area contributed by atoms with Crippen molar-refractivity contribution in [3.8, 4) is 0 Å². The van der Waals surface area contributed by atoms with Gasteiger partial charge < -0.3 is 15.5 Å². The summed E-state index contributed by atoms with van der Waals surface area (Å²) >= 11 is 0. The van der Waals surface area contributed by atoms with Gasteiger partial charge >= 0.3 is 0 Å². The molecule has 0 spiro atoms. The number of halogens is 1. The molecule has 0 saturated carbocycles. The number of furan rings is 1. The van der Waals surface area contributed by atoms with Crippen molar-refractivity contribution in [2.45, 2.75) is 19.4 Å². The Morgan fingerprint density at radius 1 is 1.28 bits per heavy atom. The number of nitrogens with one attached hydrogen (secondary N) is 1. The van der Waals surface area contributed by atoms with Crippen LogP contribution in [0.1, 0.15) is 24.5 Å². The second-order valence-corrected chi connectivity index (χ2v) is 4.07. The van der Waals surface area contributed by atoms with Gasteiger partial charge in [-0.1, -0.05) is 19.1 Å². The Morgan fingerprint density at radius 3 is 2.67 bits per heavy atom. The standard InChI is InChI=1S/C14H17FN2O/c1-2-10-7-8-14(18-10)13(9-16)17-12-6-4-3-5-11(12)15/h3-8,13,17H,2,9,16H2,1H3. The number of anilines is 1. The van der Waals surface area contributed by atoms with Crippen molar-refractivity contribution < 1.29 is 8.81 Å². The molecular formula is C14H17FN2O. The normalized spacial score (nSPS) is 12.4. The zero-order valence-electron chi connectivity index (χ0n) is 10.3. The Bertz CT molecular complexity index is 510. The van der Waals surface area contributed by atoms with Crippen LogP contribution in [0.4, 0.5) is 10.1 Å². The number of rotatable bonds is 5. The molecule has 0 saturated heterocycles. The molecule has 0 aliphatic heterocycles. The largest absolute Gasteiger partial charge is 0.464 e. The summed E-state index contributed by atoms with van der Waals surface area (Å²) in [6.07, 6.45) is 0.830. The van der Waals surface area contributed by atoms with Gasteiger partial charge in [0.15, 0.2) is 0 Å². The highest BCUT2D eigenvalue weighted by atomic mass is 19.1. The fraction of sp³-hybridized carbons (Fsp3) is 0.286. The molecule has 1 atom stereocenters. The highest BCUT2D eigenvalue weighted by Crippen LogP contribution is 2.22. The molecular weight excluding hydrogens is 231 g/mol. The van der Waals surface area contributed by atoms with Crippen molar-refractivity contribution in [2.75, 3.05) is 11.9 Å². The van der Waals surface area contributed by atoms with E-state index in [9.17, 15) is 4.39 Å². The predicted octanol–water partition coefficient (Wildman–Crippen LogP) is 3.09. The first-order valence-corrected chi connectivity index (χ1v) is 6.04. The highest BCUT2D eigenvalue weighted by Gasteiger charge is 2.15. The summed E-state index contributed by atoms with van der Waals surface area (Å²) in [6, 6.07) is 10.1. The molecule has 2 aromatic rings. The van der Waals surface area contributed by atoms with E-state index < -0.39 is 0 Å². The minimum atomic E-state index is -0.293. The van der Waals surface area contributed by atoms with Gasteiger partial charge in [0.05, 0.1) is 11.7 Å². The third kappa shape index (κ3) is 2.71. The van der Waals surface area contributed by atoms with Crippen LogP contribution in [0.5, 0.6) is 0 Å². The molecule has 0 amide bonds. The maximum Gasteiger partial charge on any atom is 0.146 e. The molecule has 4 heteroatoms. The van der Waals surface area contributed by atoms with Gasteiger partial charge in [0, 0.05) is 13.0 Å². The summed E-state index contributed by atoms with van der Waals surface area (Å²) in [5.74, 6) is 1.34. The maximum absolute atomic E-state index is 13.5. The van der Waals surface area contributed by atoms with Gasteiger partial charge in [0.25, 0.3) is 0 Å². The van der Waals surface area contributed by atoms with Crippen LogP contribution >= 0.6 is 0 Å². The number of aryl methyl sites for hydroxylation is 1. The molecule has 3 N–H and O–H groups in total. The van der Waals surface area contributed by atoms with E-state index in [1.807, 2.05) is 19.1 Å². The summed E-state index contributed by atoms with van der Waals surface area (Å²) < 4.78 is 19.2. The van der Waals surface area contributed by atoms with E-state index in [1.165, 1.54) is 6.07 Å². The summed E-state index contributed by atoms with van der Waals surface area (Å²) in [5, 5.41) is 3.06. The smallest absolute Gasteiger partial charge is 0.146 e. The van der Waals surface area contributed by atoms with E-state index in [0.29, 0.717) is 12.2 Å². The van der Waals surface area contributed by atoms with E-state index in [0.717, 1.165) is 17.9 Å². The van der Waals surface area contributed by atoms with Crippen LogP contribution in [0, 0.1) is 5.82 Å². The van der Waals surface area contributed by atoms with Crippen molar-refractivity contribution in [1.29, 1.82) is 0 Å². The molecule has 0 bridgehead atoms. The van der Waals surface area contributed by atoms with E-state index in [2.05, 4.69) is 5.32 Å². The summed E-state index contributed by atoms with van der Waals surface area (Å²) in [7, 11) is 0. The van der Waals surface area contributed by atoms with Gasteiger partial charge in [-0.25, -0.2) is 4.39 Å². The highest BCUT2D eigenvalue weighted by molar-refractivity contribution is 5.46. The zero-order valence-corrected chi connectivity index (χ0v) is 10.3. The molecule has 0 aliphatic carbocycles. The molecule has 0 fully saturated rings. The molecule has 1 unspecified atom stereocenters. The first kappa shape index (κ1) is 12.6. The quantitative estimate of drug-likeness (QED) is 0.854. The SMILES string of the molecule is CCc1ccc(C(CN)Nc2ccccc2F)o1. The van der Waals surface area contributed by atoms with Crippen molar-refractivity contribution >= 4 is 5.69 Å². The molecule has 1 heterocycles. The summed E-state index contributed by atoms with van der Waals surface area (Å²) in [5.41, 5.74) is 6.14. The van der Waals surface area contributed by atoms with E-state index in [-0.39, 0.29) is 11.9 Å². The van der Waals surface area contributed by atoms with E-state index in [1.54, 1.807) is 18.2 Å². The van der Waals surface area contributed by atoms with Crippen LogP contribution in [-0.4, -0.2) is 6.54 Å². The third-order valence-electron chi connectivity index (χ3n) is 2.81. The van der Waals surface area contributed by atoms with Crippen molar-refractivity contribution in [1.82, 2.24) is 0 Å². The molecule has 3 nitrogen and oxygen atoms in total. The topological polar surface area (TPSA) is 51.2 Å². The molecule has 18 heavy (non-hydrogen) atoms. The average Bonchev–Trinajstić information content (AvgIpc) is 2.86. The Morgan fingerprint density at radius 2 is 2.06 bits per heavy atom. The second-order valence-electron chi connectivity index (χ2n) is 4.07. The summed E-state index contributed by atoms with van der Waals surface area (Å²) in [6.45, 7) is 2.36. The van der Waals surface area contributed by atoms with Gasteiger partial charge in [-0.15, -0.1) is 0 Å².